The smallest absolute Gasteiger partial charge is 1.00 e. The first-order valence-corrected chi connectivity index (χ1v) is 4.57. The number of hydrogen-bond acceptors (Lipinski definition) is 8. The second-order valence-electron chi connectivity index (χ2n) is 3.13. The van der Waals surface area contributed by atoms with E-state index < -0.39 is 48.3 Å². The van der Waals surface area contributed by atoms with Crippen LogP contribution in [-0.2, 0) is 19.2 Å². The third-order valence-corrected chi connectivity index (χ3v) is 1.61. The Kier molecular flexibility index (Phi) is 14.4. The summed E-state index contributed by atoms with van der Waals surface area (Å²) in [6.07, 6.45) is -9.06. The number of aliphatic carboxylic acids is 4. The molecule has 8 N–H and O–H groups in total. The van der Waals surface area contributed by atoms with Crippen LogP contribution in [0.4, 0.5) is 0 Å². The van der Waals surface area contributed by atoms with E-state index in [9.17, 15) is 19.2 Å². The molecular weight excluding hydrogens is 327 g/mol. The molecule has 0 saturated carbocycles. The van der Waals surface area contributed by atoms with Gasteiger partial charge in [0.25, 0.3) is 0 Å². The Bertz CT molecular complexity index is 315. The van der Waals surface area contributed by atoms with Gasteiger partial charge in [0.1, 0.15) is 0 Å². The normalized spacial score (nSPS) is 15.0. The molecule has 0 aromatic heterocycles. The topological polar surface area (TPSA) is 230 Å². The fourth-order valence-electron chi connectivity index (χ4n) is 0.540. The van der Waals surface area contributed by atoms with E-state index in [-0.39, 0.29) is 52.8 Å². The molecule has 0 radical (unpaired) electrons. The Balaban J connectivity index is -0.000000135. The van der Waals surface area contributed by atoms with Crippen molar-refractivity contribution in [1.29, 1.82) is 0 Å². The number of carbonyl (C=O) groups is 4. The number of rotatable bonds is 6. The van der Waals surface area contributed by atoms with E-state index in [2.05, 4.69) is 0 Å². The average Bonchev–Trinajstić information content (AvgIpc) is 2.35. The first-order chi connectivity index (χ1) is 8.93. The van der Waals surface area contributed by atoms with E-state index in [1.807, 2.05) is 0 Å². The summed E-state index contributed by atoms with van der Waals surface area (Å²) < 4.78 is 0. The SMILES string of the molecule is O=C(O)C(O)C(O)C(=O)O.O=C(O)C(O)C(O)C(=O)O.[H-].[K+]. The number of aliphatic hydroxyl groups is 4. The molecule has 13 heteroatoms. The van der Waals surface area contributed by atoms with Crippen molar-refractivity contribution in [2.45, 2.75) is 24.4 Å². The van der Waals surface area contributed by atoms with E-state index in [0.29, 0.717) is 0 Å². The molecule has 0 aromatic carbocycles. The predicted octanol–water partition coefficient (Wildman–Crippen LogP) is -7.13. The maximum absolute atomic E-state index is 9.77. The fraction of sp³-hybridized carbons (Fsp3) is 0.500. The van der Waals surface area contributed by atoms with Gasteiger partial charge in [-0.2, -0.15) is 0 Å². The van der Waals surface area contributed by atoms with Gasteiger partial charge in [-0.15, -0.1) is 0 Å². The van der Waals surface area contributed by atoms with Crippen molar-refractivity contribution in [1.82, 2.24) is 0 Å². The largest absolute Gasteiger partial charge is 1.00 e. The van der Waals surface area contributed by atoms with Crippen molar-refractivity contribution < 1.29 is 113 Å². The summed E-state index contributed by atoms with van der Waals surface area (Å²) in [6.45, 7) is 0. The minimum absolute atomic E-state index is 0. The maximum Gasteiger partial charge on any atom is 1.00 e. The van der Waals surface area contributed by atoms with E-state index in [0.717, 1.165) is 0 Å². The Morgan fingerprint density at radius 1 is 0.524 bits per heavy atom. The molecular formula is C8H13KO12. The minimum atomic E-state index is -2.27. The third kappa shape index (κ3) is 10.7. The van der Waals surface area contributed by atoms with Crippen LogP contribution in [0.15, 0.2) is 0 Å². The van der Waals surface area contributed by atoms with Crippen LogP contribution in [-0.4, -0.2) is 89.1 Å². The van der Waals surface area contributed by atoms with Gasteiger partial charge in [-0.05, 0) is 0 Å². The van der Waals surface area contributed by atoms with Crippen LogP contribution in [0.25, 0.3) is 0 Å². The zero-order valence-corrected chi connectivity index (χ0v) is 13.6. The summed E-state index contributed by atoms with van der Waals surface area (Å²) in [5, 5.41) is 65.1. The van der Waals surface area contributed by atoms with Gasteiger partial charge in [0, 0.05) is 0 Å². The molecule has 4 unspecified atom stereocenters. The quantitative estimate of drug-likeness (QED) is 0.211. The molecule has 0 amide bonds. The van der Waals surface area contributed by atoms with Crippen LogP contribution in [0, 0.1) is 0 Å². The number of aliphatic hydroxyl groups excluding tert-OH is 4. The standard InChI is InChI=1S/2C4H6O6.K.H/c2*5-1(3(7)8)2(6)4(9)10;;/h2*1-2,5-6H,(H,7,8)(H,9,10);;/q;;+1;-1. The Morgan fingerprint density at radius 3 is 0.667 bits per heavy atom. The monoisotopic (exact) mass is 340 g/mol. The number of carboxylic acids is 4. The molecule has 0 spiro atoms. The molecule has 0 saturated heterocycles. The van der Waals surface area contributed by atoms with E-state index >= 15 is 0 Å². The molecule has 12 nitrogen and oxygen atoms in total. The summed E-state index contributed by atoms with van der Waals surface area (Å²) in [7, 11) is 0. The average molecular weight is 340 g/mol. The predicted molar refractivity (Wildman–Crippen MR) is 55.7 cm³/mol. The first kappa shape index (κ1) is 25.3. The van der Waals surface area contributed by atoms with Gasteiger partial charge in [-0.3, -0.25) is 0 Å². The molecule has 0 heterocycles. The van der Waals surface area contributed by atoms with Gasteiger partial charge in [0.15, 0.2) is 24.4 Å². The van der Waals surface area contributed by atoms with Crippen molar-refractivity contribution in [3.05, 3.63) is 0 Å². The van der Waals surface area contributed by atoms with Gasteiger partial charge in [-0.1, -0.05) is 0 Å². The van der Waals surface area contributed by atoms with E-state index in [1.54, 1.807) is 0 Å². The molecule has 0 aliphatic rings. The van der Waals surface area contributed by atoms with Crippen molar-refractivity contribution in [3.8, 4) is 0 Å². The number of carboxylic acid groups (broad SMARTS) is 4. The van der Waals surface area contributed by atoms with Crippen LogP contribution >= 0.6 is 0 Å². The van der Waals surface area contributed by atoms with Crippen LogP contribution in [0.1, 0.15) is 1.43 Å². The molecule has 0 aliphatic carbocycles. The maximum atomic E-state index is 9.77. The zero-order chi connectivity index (χ0) is 16.6. The van der Waals surface area contributed by atoms with Gasteiger partial charge in [0.2, 0.25) is 0 Å². The van der Waals surface area contributed by atoms with Crippen LogP contribution in [0.3, 0.4) is 0 Å². The zero-order valence-electron chi connectivity index (χ0n) is 11.5. The van der Waals surface area contributed by atoms with Gasteiger partial charge >= 0.3 is 75.3 Å². The van der Waals surface area contributed by atoms with Gasteiger partial charge < -0.3 is 42.3 Å². The van der Waals surface area contributed by atoms with E-state index in [4.69, 9.17) is 40.9 Å². The first-order valence-electron chi connectivity index (χ1n) is 4.57. The molecule has 0 aromatic rings. The molecule has 0 bridgehead atoms. The van der Waals surface area contributed by atoms with E-state index in [1.165, 1.54) is 0 Å². The summed E-state index contributed by atoms with van der Waals surface area (Å²) in [6, 6.07) is 0. The van der Waals surface area contributed by atoms with Crippen LogP contribution < -0.4 is 51.4 Å². The van der Waals surface area contributed by atoms with Crippen molar-refractivity contribution in [3.63, 3.8) is 0 Å². The molecule has 4 atom stereocenters. The Hall–Kier alpha value is -0.644. The van der Waals surface area contributed by atoms with Crippen molar-refractivity contribution in [2.75, 3.05) is 0 Å². The Morgan fingerprint density at radius 2 is 0.619 bits per heavy atom. The van der Waals surface area contributed by atoms with Gasteiger partial charge in [0.05, 0.1) is 0 Å². The summed E-state index contributed by atoms with van der Waals surface area (Å²) in [5.74, 6) is -7.07. The molecule has 118 valence electrons. The number of hydrogen-bond donors (Lipinski definition) is 8. The molecule has 0 aliphatic heterocycles. The van der Waals surface area contributed by atoms with Gasteiger partial charge in [-0.25, -0.2) is 19.2 Å². The van der Waals surface area contributed by atoms with Crippen LogP contribution in [0.2, 0.25) is 0 Å². The van der Waals surface area contributed by atoms with Crippen LogP contribution in [0.5, 0.6) is 0 Å². The Labute approximate surface area is 160 Å². The summed E-state index contributed by atoms with van der Waals surface area (Å²) in [5.41, 5.74) is 0. The fourth-order valence-corrected chi connectivity index (χ4v) is 0.540. The second kappa shape index (κ2) is 12.0. The molecule has 0 rings (SSSR count). The molecule has 21 heavy (non-hydrogen) atoms. The second-order valence-corrected chi connectivity index (χ2v) is 3.13. The van der Waals surface area contributed by atoms with Crippen molar-refractivity contribution >= 4 is 23.9 Å². The summed E-state index contributed by atoms with van der Waals surface area (Å²) >= 11 is 0. The third-order valence-electron chi connectivity index (χ3n) is 1.61. The minimum Gasteiger partial charge on any atom is -1.00 e. The molecule has 0 fully saturated rings. The van der Waals surface area contributed by atoms with Crippen molar-refractivity contribution in [2.24, 2.45) is 0 Å². The summed E-state index contributed by atoms with van der Waals surface area (Å²) in [4.78, 5) is 39.1.